The third kappa shape index (κ3) is 3.84. The summed E-state index contributed by atoms with van der Waals surface area (Å²) in [6, 6.07) is 12.7. The lowest BCUT2D eigenvalue weighted by atomic mass is 10.1. The lowest BCUT2D eigenvalue weighted by Gasteiger charge is -2.12. The standard InChI is InChI=1S/C18H23NO/c1-5-19-12-16-7-6-15(4)18(11-16)20-17-9-13(2)8-14(3)10-17/h6-11,19H,5,12H2,1-4H3. The van der Waals surface area contributed by atoms with Gasteiger partial charge in [0.15, 0.2) is 0 Å². The highest BCUT2D eigenvalue weighted by atomic mass is 16.5. The van der Waals surface area contributed by atoms with E-state index in [9.17, 15) is 0 Å². The quantitative estimate of drug-likeness (QED) is 0.862. The molecule has 0 saturated carbocycles. The van der Waals surface area contributed by atoms with Crippen LogP contribution in [0.15, 0.2) is 36.4 Å². The molecule has 0 unspecified atom stereocenters. The van der Waals surface area contributed by atoms with Crippen LogP contribution >= 0.6 is 0 Å². The smallest absolute Gasteiger partial charge is 0.130 e. The molecule has 0 saturated heterocycles. The van der Waals surface area contributed by atoms with E-state index in [1.165, 1.54) is 16.7 Å². The second kappa shape index (κ2) is 6.58. The predicted molar refractivity (Wildman–Crippen MR) is 84.5 cm³/mol. The molecule has 0 spiro atoms. The Bertz CT molecular complexity index is 570. The number of hydrogen-bond acceptors (Lipinski definition) is 2. The summed E-state index contributed by atoms with van der Waals surface area (Å²) in [4.78, 5) is 0. The molecule has 0 bridgehead atoms. The highest BCUT2D eigenvalue weighted by Gasteiger charge is 2.04. The first-order valence-corrected chi connectivity index (χ1v) is 7.15. The normalized spacial score (nSPS) is 10.6. The van der Waals surface area contributed by atoms with Crippen LogP contribution < -0.4 is 10.1 Å². The zero-order valence-electron chi connectivity index (χ0n) is 12.8. The molecular formula is C18H23NO. The number of aryl methyl sites for hydroxylation is 3. The van der Waals surface area contributed by atoms with E-state index in [1.807, 2.05) is 0 Å². The number of benzene rings is 2. The van der Waals surface area contributed by atoms with Crippen molar-refractivity contribution in [3.63, 3.8) is 0 Å². The molecule has 0 amide bonds. The van der Waals surface area contributed by atoms with Crippen LogP contribution in [0.3, 0.4) is 0 Å². The Morgan fingerprint density at radius 3 is 2.30 bits per heavy atom. The van der Waals surface area contributed by atoms with Crippen LogP contribution in [0.5, 0.6) is 11.5 Å². The molecule has 106 valence electrons. The summed E-state index contributed by atoms with van der Waals surface area (Å²) in [5.74, 6) is 1.84. The molecule has 0 aliphatic carbocycles. The van der Waals surface area contributed by atoms with Crippen molar-refractivity contribution in [3.05, 3.63) is 58.7 Å². The largest absolute Gasteiger partial charge is 0.457 e. The van der Waals surface area contributed by atoms with Gasteiger partial charge in [0.05, 0.1) is 0 Å². The van der Waals surface area contributed by atoms with E-state index >= 15 is 0 Å². The van der Waals surface area contributed by atoms with Crippen molar-refractivity contribution in [3.8, 4) is 11.5 Å². The minimum Gasteiger partial charge on any atom is -0.457 e. The Labute approximate surface area is 121 Å². The molecule has 0 fully saturated rings. The Hall–Kier alpha value is -1.80. The van der Waals surface area contributed by atoms with Crippen LogP contribution in [-0.4, -0.2) is 6.54 Å². The fourth-order valence-corrected chi connectivity index (χ4v) is 2.25. The maximum Gasteiger partial charge on any atom is 0.130 e. The van der Waals surface area contributed by atoms with Gasteiger partial charge in [0.2, 0.25) is 0 Å². The number of nitrogens with one attached hydrogen (secondary N) is 1. The molecular weight excluding hydrogens is 246 g/mol. The van der Waals surface area contributed by atoms with Gasteiger partial charge in [-0.2, -0.15) is 0 Å². The summed E-state index contributed by atoms with van der Waals surface area (Å²) in [6.07, 6.45) is 0. The first-order valence-electron chi connectivity index (χ1n) is 7.15. The maximum atomic E-state index is 6.06. The molecule has 0 aliphatic rings. The van der Waals surface area contributed by atoms with Gasteiger partial charge < -0.3 is 10.1 Å². The summed E-state index contributed by atoms with van der Waals surface area (Å²) in [7, 11) is 0. The number of rotatable bonds is 5. The van der Waals surface area contributed by atoms with Crippen molar-refractivity contribution in [2.45, 2.75) is 34.2 Å². The number of ether oxygens (including phenoxy) is 1. The number of hydrogen-bond donors (Lipinski definition) is 1. The van der Waals surface area contributed by atoms with E-state index in [1.54, 1.807) is 0 Å². The maximum absolute atomic E-state index is 6.06. The third-order valence-corrected chi connectivity index (χ3v) is 3.25. The molecule has 2 aromatic carbocycles. The van der Waals surface area contributed by atoms with Gasteiger partial charge in [0, 0.05) is 6.54 Å². The second-order valence-corrected chi connectivity index (χ2v) is 5.31. The highest BCUT2D eigenvalue weighted by Crippen LogP contribution is 2.27. The van der Waals surface area contributed by atoms with Gasteiger partial charge in [-0.05, 0) is 67.8 Å². The molecule has 0 atom stereocenters. The Morgan fingerprint density at radius 1 is 0.950 bits per heavy atom. The van der Waals surface area contributed by atoms with Gasteiger partial charge in [-0.3, -0.25) is 0 Å². The molecule has 0 aromatic heterocycles. The van der Waals surface area contributed by atoms with Crippen molar-refractivity contribution in [2.75, 3.05) is 6.54 Å². The van der Waals surface area contributed by atoms with Crippen LogP contribution in [0.2, 0.25) is 0 Å². The zero-order valence-corrected chi connectivity index (χ0v) is 12.8. The van der Waals surface area contributed by atoms with Crippen molar-refractivity contribution >= 4 is 0 Å². The minimum absolute atomic E-state index is 0.875. The van der Waals surface area contributed by atoms with Gasteiger partial charge >= 0.3 is 0 Å². The predicted octanol–water partition coefficient (Wildman–Crippen LogP) is 4.51. The fourth-order valence-electron chi connectivity index (χ4n) is 2.25. The van der Waals surface area contributed by atoms with Crippen LogP contribution in [-0.2, 0) is 6.54 Å². The van der Waals surface area contributed by atoms with Crippen molar-refractivity contribution in [1.82, 2.24) is 5.32 Å². The zero-order chi connectivity index (χ0) is 14.5. The van der Waals surface area contributed by atoms with Crippen molar-refractivity contribution in [2.24, 2.45) is 0 Å². The summed E-state index contributed by atoms with van der Waals surface area (Å²) < 4.78 is 6.06. The van der Waals surface area contributed by atoms with Gasteiger partial charge in [-0.25, -0.2) is 0 Å². The molecule has 2 aromatic rings. The van der Waals surface area contributed by atoms with E-state index in [4.69, 9.17) is 4.74 Å². The van der Waals surface area contributed by atoms with E-state index in [0.29, 0.717) is 0 Å². The van der Waals surface area contributed by atoms with Gasteiger partial charge in [0.25, 0.3) is 0 Å². The molecule has 1 N–H and O–H groups in total. The van der Waals surface area contributed by atoms with Crippen LogP contribution in [0.1, 0.15) is 29.2 Å². The van der Waals surface area contributed by atoms with Crippen LogP contribution in [0, 0.1) is 20.8 Å². The highest BCUT2D eigenvalue weighted by molar-refractivity contribution is 5.42. The molecule has 0 aliphatic heterocycles. The van der Waals surface area contributed by atoms with E-state index in [2.05, 4.69) is 69.4 Å². The first kappa shape index (κ1) is 14.6. The SMILES string of the molecule is CCNCc1ccc(C)c(Oc2cc(C)cc(C)c2)c1. The fraction of sp³-hybridized carbons (Fsp3) is 0.333. The van der Waals surface area contributed by atoms with E-state index in [0.717, 1.165) is 30.2 Å². The first-order chi connectivity index (χ1) is 9.58. The molecule has 20 heavy (non-hydrogen) atoms. The summed E-state index contributed by atoms with van der Waals surface area (Å²) in [6.45, 7) is 10.2. The molecule has 0 radical (unpaired) electrons. The summed E-state index contributed by atoms with van der Waals surface area (Å²) in [5, 5.41) is 3.34. The van der Waals surface area contributed by atoms with Gasteiger partial charge in [-0.1, -0.05) is 25.1 Å². The monoisotopic (exact) mass is 269 g/mol. The lowest BCUT2D eigenvalue weighted by Crippen LogP contribution is -2.11. The molecule has 2 rings (SSSR count). The van der Waals surface area contributed by atoms with Crippen LogP contribution in [0.4, 0.5) is 0 Å². The molecule has 2 nitrogen and oxygen atoms in total. The van der Waals surface area contributed by atoms with Gasteiger partial charge in [0.1, 0.15) is 11.5 Å². The lowest BCUT2D eigenvalue weighted by molar-refractivity contribution is 0.477. The molecule has 0 heterocycles. The average molecular weight is 269 g/mol. The van der Waals surface area contributed by atoms with Crippen molar-refractivity contribution in [1.29, 1.82) is 0 Å². The third-order valence-electron chi connectivity index (χ3n) is 3.25. The molecule has 2 heteroatoms. The Morgan fingerprint density at radius 2 is 1.65 bits per heavy atom. The Kier molecular flexibility index (Phi) is 4.80. The summed E-state index contributed by atoms with van der Waals surface area (Å²) in [5.41, 5.74) is 4.85. The topological polar surface area (TPSA) is 21.3 Å². The van der Waals surface area contributed by atoms with Crippen molar-refractivity contribution < 1.29 is 4.74 Å². The minimum atomic E-state index is 0.875. The van der Waals surface area contributed by atoms with Crippen LogP contribution in [0.25, 0.3) is 0 Å². The van der Waals surface area contributed by atoms with Gasteiger partial charge in [-0.15, -0.1) is 0 Å². The second-order valence-electron chi connectivity index (χ2n) is 5.31. The van der Waals surface area contributed by atoms with E-state index in [-0.39, 0.29) is 0 Å². The Balaban J connectivity index is 2.23. The summed E-state index contributed by atoms with van der Waals surface area (Å²) >= 11 is 0. The van der Waals surface area contributed by atoms with E-state index < -0.39 is 0 Å². The average Bonchev–Trinajstić information content (AvgIpc) is 2.38.